The molecule has 1 N–H and O–H groups in total. The molecule has 1 aromatic carbocycles. The highest BCUT2D eigenvalue weighted by Gasteiger charge is 2.42. The van der Waals surface area contributed by atoms with E-state index >= 15 is 0 Å². The van der Waals surface area contributed by atoms with Crippen LogP contribution < -0.4 is 0 Å². The van der Waals surface area contributed by atoms with Crippen molar-refractivity contribution in [1.82, 2.24) is 14.7 Å². The van der Waals surface area contributed by atoms with E-state index in [2.05, 4.69) is 44.7 Å². The van der Waals surface area contributed by atoms with Gasteiger partial charge in [-0.3, -0.25) is 9.69 Å². The Balaban J connectivity index is 1.37. The topological polar surface area (TPSA) is 64.1 Å². The van der Waals surface area contributed by atoms with Gasteiger partial charge in [0.1, 0.15) is 0 Å². The molecule has 194 valence electrons. The lowest BCUT2D eigenvalue weighted by Gasteiger charge is -2.46. The number of hydrogen-bond donors (Lipinski definition) is 1. The average Bonchev–Trinajstić information content (AvgIpc) is 2.79. The maximum absolute atomic E-state index is 13.2. The van der Waals surface area contributed by atoms with Crippen LogP contribution >= 0.6 is 0 Å². The van der Waals surface area contributed by atoms with Gasteiger partial charge in [-0.05, 0) is 74.1 Å². The molecule has 0 radical (unpaired) electrons. The van der Waals surface area contributed by atoms with E-state index in [0.29, 0.717) is 19.1 Å². The van der Waals surface area contributed by atoms with Gasteiger partial charge in [-0.15, -0.1) is 0 Å². The molecule has 6 heteroatoms. The zero-order valence-electron chi connectivity index (χ0n) is 22.3. The normalized spacial score (nSPS) is 23.5. The highest BCUT2D eigenvalue weighted by molar-refractivity contribution is 5.94. The second kappa shape index (κ2) is 10.5. The van der Waals surface area contributed by atoms with Crippen molar-refractivity contribution in [2.45, 2.75) is 84.1 Å². The number of likely N-dealkylation sites (tertiary alicyclic amines) is 2. The molecule has 2 heterocycles. The van der Waals surface area contributed by atoms with Crippen LogP contribution in [0.1, 0.15) is 88.6 Å². The molecule has 0 spiro atoms. The first kappa shape index (κ1) is 26.0. The van der Waals surface area contributed by atoms with Crippen molar-refractivity contribution in [1.29, 1.82) is 0 Å². The third-order valence-corrected chi connectivity index (χ3v) is 8.44. The number of carbonyl (C=O) groups excluding carboxylic acids is 1. The third kappa shape index (κ3) is 6.19. The first-order chi connectivity index (χ1) is 16.6. The summed E-state index contributed by atoms with van der Waals surface area (Å²) in [6.07, 6.45) is 7.05. The van der Waals surface area contributed by atoms with E-state index in [1.54, 1.807) is 4.90 Å². The summed E-state index contributed by atoms with van der Waals surface area (Å²) in [4.78, 5) is 31.5. The number of piperidine rings is 2. The monoisotopic (exact) mass is 483 g/mol. The molecule has 6 nitrogen and oxygen atoms in total. The predicted octanol–water partition coefficient (Wildman–Crippen LogP) is 5.47. The molecule has 1 saturated carbocycles. The van der Waals surface area contributed by atoms with Gasteiger partial charge in [-0.2, -0.15) is 0 Å². The van der Waals surface area contributed by atoms with Gasteiger partial charge in [-0.25, -0.2) is 4.79 Å². The van der Waals surface area contributed by atoms with Crippen molar-refractivity contribution in [3.8, 4) is 0 Å². The smallest absolute Gasteiger partial charge is 0.407 e. The Morgan fingerprint density at radius 3 is 2.20 bits per heavy atom. The zero-order valence-corrected chi connectivity index (χ0v) is 22.3. The second-order valence-electron chi connectivity index (χ2n) is 12.7. The number of carboxylic acid groups (broad SMARTS) is 1. The van der Waals surface area contributed by atoms with E-state index < -0.39 is 6.09 Å². The van der Waals surface area contributed by atoms with Crippen LogP contribution in [-0.2, 0) is 5.41 Å². The van der Waals surface area contributed by atoms with E-state index in [-0.39, 0.29) is 16.7 Å². The van der Waals surface area contributed by atoms with Crippen molar-refractivity contribution >= 4 is 12.0 Å². The van der Waals surface area contributed by atoms with Crippen molar-refractivity contribution < 1.29 is 14.7 Å². The minimum Gasteiger partial charge on any atom is -0.465 e. The Kier molecular flexibility index (Phi) is 7.80. The lowest BCUT2D eigenvalue weighted by atomic mass is 9.64. The van der Waals surface area contributed by atoms with Crippen LogP contribution in [0.25, 0.3) is 0 Å². The van der Waals surface area contributed by atoms with Gasteiger partial charge in [0.15, 0.2) is 0 Å². The highest BCUT2D eigenvalue weighted by atomic mass is 16.4. The standard InChI is InChI=1S/C29H45N3O3/c1-22-7-5-16-31(19-22)25-12-17-30(18-13-25)26(33)23-8-10-24(11-9-23)29(14-6-15-29)21-32(27(34)35)20-28(2,3)4/h8-11,22,25H,5-7,12-21H2,1-4H3,(H,34,35). The summed E-state index contributed by atoms with van der Waals surface area (Å²) in [5, 5.41) is 9.82. The number of hydrogen-bond acceptors (Lipinski definition) is 3. The van der Waals surface area contributed by atoms with Crippen molar-refractivity contribution in [2.75, 3.05) is 39.3 Å². The average molecular weight is 484 g/mol. The van der Waals surface area contributed by atoms with Crippen LogP contribution in [0.4, 0.5) is 4.79 Å². The van der Waals surface area contributed by atoms with Gasteiger partial charge in [0.2, 0.25) is 0 Å². The fraction of sp³-hybridized carbons (Fsp3) is 0.724. The van der Waals surface area contributed by atoms with Crippen LogP contribution in [-0.4, -0.2) is 77.1 Å². The third-order valence-electron chi connectivity index (χ3n) is 8.44. The molecule has 3 fully saturated rings. The van der Waals surface area contributed by atoms with Gasteiger partial charge in [0, 0.05) is 49.7 Å². The van der Waals surface area contributed by atoms with Gasteiger partial charge >= 0.3 is 6.09 Å². The summed E-state index contributed by atoms with van der Waals surface area (Å²) in [6, 6.07) is 8.69. The number of rotatable bonds is 6. The Morgan fingerprint density at radius 1 is 1.03 bits per heavy atom. The van der Waals surface area contributed by atoms with E-state index in [0.717, 1.165) is 56.7 Å². The Morgan fingerprint density at radius 2 is 1.69 bits per heavy atom. The molecule has 1 aromatic rings. The molecule has 0 bridgehead atoms. The van der Waals surface area contributed by atoms with Crippen LogP contribution in [0, 0.1) is 11.3 Å². The number of amides is 2. The molecule has 2 saturated heterocycles. The molecule has 1 aliphatic carbocycles. The highest BCUT2D eigenvalue weighted by Crippen LogP contribution is 2.45. The zero-order chi connectivity index (χ0) is 25.2. The maximum Gasteiger partial charge on any atom is 0.407 e. The fourth-order valence-corrected chi connectivity index (χ4v) is 6.41. The van der Waals surface area contributed by atoms with E-state index in [1.807, 2.05) is 17.0 Å². The lowest BCUT2D eigenvalue weighted by Crippen LogP contribution is -2.49. The van der Waals surface area contributed by atoms with E-state index in [9.17, 15) is 14.7 Å². The second-order valence-corrected chi connectivity index (χ2v) is 12.7. The molecule has 1 unspecified atom stereocenters. The Bertz CT molecular complexity index is 879. The maximum atomic E-state index is 13.2. The van der Waals surface area contributed by atoms with Gasteiger partial charge in [-0.1, -0.05) is 46.2 Å². The molecule has 2 amide bonds. The van der Waals surface area contributed by atoms with Crippen LogP contribution in [0.5, 0.6) is 0 Å². The van der Waals surface area contributed by atoms with Crippen LogP contribution in [0.15, 0.2) is 24.3 Å². The van der Waals surface area contributed by atoms with Crippen molar-refractivity contribution in [3.63, 3.8) is 0 Å². The van der Waals surface area contributed by atoms with Gasteiger partial charge in [0.25, 0.3) is 5.91 Å². The van der Waals surface area contributed by atoms with Crippen molar-refractivity contribution in [3.05, 3.63) is 35.4 Å². The van der Waals surface area contributed by atoms with Gasteiger partial charge in [0.05, 0.1) is 0 Å². The lowest BCUT2D eigenvalue weighted by molar-refractivity contribution is 0.0542. The summed E-state index contributed by atoms with van der Waals surface area (Å²) >= 11 is 0. The Hall–Kier alpha value is -2.08. The summed E-state index contributed by atoms with van der Waals surface area (Å²) in [6.45, 7) is 13.7. The molecule has 4 rings (SSSR count). The minimum atomic E-state index is -0.847. The predicted molar refractivity (Wildman–Crippen MR) is 140 cm³/mol. The SMILES string of the molecule is CC1CCCN(C2CCN(C(=O)c3ccc(C4(CN(CC(C)(C)C)C(=O)O)CCC4)cc3)CC2)C1. The van der Waals surface area contributed by atoms with Crippen LogP contribution in [0.2, 0.25) is 0 Å². The quantitative estimate of drug-likeness (QED) is 0.583. The van der Waals surface area contributed by atoms with Crippen molar-refractivity contribution in [2.24, 2.45) is 11.3 Å². The van der Waals surface area contributed by atoms with Gasteiger partial charge < -0.3 is 14.9 Å². The summed E-state index contributed by atoms with van der Waals surface area (Å²) in [5.74, 6) is 0.918. The molecule has 1 atom stereocenters. The van der Waals surface area contributed by atoms with E-state index in [1.165, 1.54) is 31.5 Å². The molecule has 3 aliphatic rings. The molecule has 2 aliphatic heterocycles. The van der Waals surface area contributed by atoms with Crippen LogP contribution in [0.3, 0.4) is 0 Å². The first-order valence-corrected chi connectivity index (χ1v) is 13.7. The minimum absolute atomic E-state index is 0.0840. The molecule has 35 heavy (non-hydrogen) atoms. The number of benzene rings is 1. The molecular formula is C29H45N3O3. The fourth-order valence-electron chi connectivity index (χ4n) is 6.41. The summed E-state index contributed by atoms with van der Waals surface area (Å²) < 4.78 is 0. The molecule has 0 aromatic heterocycles. The summed E-state index contributed by atoms with van der Waals surface area (Å²) in [7, 11) is 0. The Labute approximate surface area is 211 Å². The largest absolute Gasteiger partial charge is 0.465 e. The summed E-state index contributed by atoms with van der Waals surface area (Å²) in [5.41, 5.74) is 1.70. The molecular weight excluding hydrogens is 438 g/mol. The van der Waals surface area contributed by atoms with E-state index in [4.69, 9.17) is 0 Å². The first-order valence-electron chi connectivity index (χ1n) is 13.7. The number of carbonyl (C=O) groups is 2. The number of nitrogens with zero attached hydrogens (tertiary/aromatic N) is 3.